The van der Waals surface area contributed by atoms with E-state index in [9.17, 15) is 0 Å². The molecule has 0 fully saturated rings. The second-order valence-corrected chi connectivity index (χ2v) is 4.35. The van der Waals surface area contributed by atoms with E-state index in [1.54, 1.807) is 20.9 Å². The fraction of sp³-hybridized carbons (Fsp3) is 0.500. The first-order valence-corrected chi connectivity index (χ1v) is 5.14. The van der Waals surface area contributed by atoms with Crippen LogP contribution in [0.1, 0.15) is 16.4 Å². The summed E-state index contributed by atoms with van der Waals surface area (Å²) < 4.78 is 0. The Morgan fingerprint density at radius 3 is 2.33 bits per heavy atom. The largest absolute Gasteiger partial charge is 1.00 e. The molecule has 7 heteroatoms. The first-order valence-electron chi connectivity index (χ1n) is 4.32. The number of aryl methyl sites for hydroxylation is 4. The maximum absolute atomic E-state index is 4.41. The summed E-state index contributed by atoms with van der Waals surface area (Å²) in [5, 5.41) is 9.28. The van der Waals surface area contributed by atoms with Gasteiger partial charge in [0.15, 0.2) is 0 Å². The van der Waals surface area contributed by atoms with Gasteiger partial charge in [0.05, 0.1) is 10.8 Å². The van der Waals surface area contributed by atoms with Gasteiger partial charge >= 0.3 is 5.82 Å². The quantitative estimate of drug-likeness (QED) is 0.545. The Labute approximate surface area is 103 Å². The van der Waals surface area contributed by atoms with Crippen LogP contribution in [0.15, 0.2) is 0 Å². The van der Waals surface area contributed by atoms with Crippen molar-refractivity contribution in [2.45, 2.75) is 20.8 Å². The van der Waals surface area contributed by atoms with Crippen LogP contribution in [0, 0.1) is 20.8 Å². The van der Waals surface area contributed by atoms with Crippen molar-refractivity contribution in [1.82, 2.24) is 20.0 Å². The molecule has 15 heavy (non-hydrogen) atoms. The van der Waals surface area contributed by atoms with Crippen LogP contribution in [-0.2, 0) is 7.05 Å². The molecule has 82 valence electrons. The highest BCUT2D eigenvalue weighted by molar-refractivity contribution is 7.14. The predicted octanol–water partition coefficient (Wildman–Crippen LogP) is -2.52. The molecule has 2 heterocycles. The van der Waals surface area contributed by atoms with Gasteiger partial charge in [0.25, 0.3) is 5.13 Å². The van der Waals surface area contributed by atoms with E-state index in [1.807, 2.05) is 20.9 Å². The molecule has 0 aliphatic rings. The van der Waals surface area contributed by atoms with Crippen molar-refractivity contribution in [2.24, 2.45) is 7.05 Å². The first-order chi connectivity index (χ1) is 6.58. The van der Waals surface area contributed by atoms with Gasteiger partial charge in [-0.05, 0) is 18.9 Å². The zero-order valence-corrected chi connectivity index (χ0v) is 11.4. The molecule has 0 saturated carbocycles. The maximum Gasteiger partial charge on any atom is 0.306 e. The lowest BCUT2D eigenvalue weighted by Crippen LogP contribution is -3.00. The van der Waals surface area contributed by atoms with Crippen molar-refractivity contribution in [2.75, 3.05) is 0 Å². The number of hydrogen-bond donors (Lipinski definition) is 0. The minimum atomic E-state index is 0. The van der Waals surface area contributed by atoms with Crippen LogP contribution in [0.5, 0.6) is 0 Å². The van der Waals surface area contributed by atoms with Crippen molar-refractivity contribution < 1.29 is 21.8 Å². The van der Waals surface area contributed by atoms with Crippen LogP contribution < -0.4 is 21.8 Å². The molecule has 0 radical (unpaired) electrons. The smallest absolute Gasteiger partial charge is 0.306 e. The molecule has 0 amide bonds. The summed E-state index contributed by atoms with van der Waals surface area (Å²) >= 11 is 1.62. The molecule has 0 bridgehead atoms. The molecule has 2 aromatic rings. The number of aromatic nitrogens is 5. The molecule has 0 aromatic carbocycles. The van der Waals surface area contributed by atoms with Gasteiger partial charge in [0.1, 0.15) is 7.05 Å². The first kappa shape index (κ1) is 12.3. The number of halogens is 1. The van der Waals surface area contributed by atoms with Crippen LogP contribution in [0.25, 0.3) is 5.13 Å². The third-order valence-electron chi connectivity index (χ3n) is 1.99. The van der Waals surface area contributed by atoms with Crippen LogP contribution in [0.4, 0.5) is 0 Å². The number of thiazole rings is 1. The van der Waals surface area contributed by atoms with Crippen molar-refractivity contribution >= 4 is 11.3 Å². The average Bonchev–Trinajstić information content (AvgIpc) is 2.57. The molecule has 0 N–H and O–H groups in total. The topological polar surface area (TPSA) is 47.5 Å². The number of hydrogen-bond acceptors (Lipinski definition) is 4. The van der Waals surface area contributed by atoms with E-state index in [0.29, 0.717) is 0 Å². The molecule has 2 aromatic heterocycles. The Balaban J connectivity index is 0.00000112. The lowest BCUT2D eigenvalue weighted by Gasteiger charge is -1.86. The Bertz CT molecular complexity index is 456. The minimum absolute atomic E-state index is 0. The van der Waals surface area contributed by atoms with Crippen LogP contribution >= 0.6 is 11.3 Å². The monoisotopic (exact) mass is 289 g/mol. The average molecular weight is 290 g/mol. The number of tetrazole rings is 1. The van der Waals surface area contributed by atoms with Gasteiger partial charge in [-0.3, -0.25) is 0 Å². The van der Waals surface area contributed by atoms with Crippen LogP contribution in [0.3, 0.4) is 0 Å². The summed E-state index contributed by atoms with van der Waals surface area (Å²) in [6, 6.07) is 0. The summed E-state index contributed by atoms with van der Waals surface area (Å²) in [6.07, 6.45) is 0. The van der Waals surface area contributed by atoms with E-state index in [1.165, 1.54) is 4.88 Å². The van der Waals surface area contributed by atoms with Crippen LogP contribution in [-0.4, -0.2) is 20.0 Å². The van der Waals surface area contributed by atoms with Crippen molar-refractivity contribution in [3.63, 3.8) is 0 Å². The highest BCUT2D eigenvalue weighted by atomic mass is 79.9. The second kappa shape index (κ2) is 4.36. The fourth-order valence-electron chi connectivity index (χ4n) is 1.18. The van der Waals surface area contributed by atoms with Crippen molar-refractivity contribution in [3.8, 4) is 5.13 Å². The van der Waals surface area contributed by atoms with Gasteiger partial charge in [-0.2, -0.15) is 0 Å². The van der Waals surface area contributed by atoms with E-state index < -0.39 is 0 Å². The fourth-order valence-corrected chi connectivity index (χ4v) is 2.07. The zero-order chi connectivity index (χ0) is 10.3. The minimum Gasteiger partial charge on any atom is -1.00 e. The lowest BCUT2D eigenvalue weighted by atomic mass is 10.4. The van der Waals surface area contributed by atoms with Crippen molar-refractivity contribution in [3.05, 3.63) is 16.4 Å². The van der Waals surface area contributed by atoms with Gasteiger partial charge in [0, 0.05) is 16.6 Å². The van der Waals surface area contributed by atoms with E-state index in [2.05, 4.69) is 22.1 Å². The molecule has 0 aliphatic carbocycles. The van der Waals surface area contributed by atoms with Crippen molar-refractivity contribution in [1.29, 1.82) is 0 Å². The summed E-state index contributed by atoms with van der Waals surface area (Å²) in [5.41, 5.74) is 1.05. The predicted molar refractivity (Wildman–Crippen MR) is 52.4 cm³/mol. The molecular formula is C8H12BrN5S. The van der Waals surface area contributed by atoms with Gasteiger partial charge < -0.3 is 17.0 Å². The second-order valence-electron chi connectivity index (χ2n) is 3.16. The third kappa shape index (κ3) is 2.23. The lowest BCUT2D eigenvalue weighted by molar-refractivity contribution is -0.800. The van der Waals surface area contributed by atoms with E-state index in [4.69, 9.17) is 0 Å². The SMILES string of the molecule is Cc1nn(-c2nc(C)c(C)s2)[n+](C)n1.[Br-]. The number of nitrogens with zero attached hydrogens (tertiary/aromatic N) is 5. The molecule has 0 unspecified atom stereocenters. The maximum atomic E-state index is 4.41. The normalized spacial score (nSPS) is 10.1. The molecule has 0 saturated heterocycles. The third-order valence-corrected chi connectivity index (χ3v) is 3.03. The van der Waals surface area contributed by atoms with E-state index in [0.717, 1.165) is 16.6 Å². The summed E-state index contributed by atoms with van der Waals surface area (Å²) in [6.45, 7) is 5.92. The van der Waals surface area contributed by atoms with Crippen LogP contribution in [0.2, 0.25) is 0 Å². The molecule has 0 aliphatic heterocycles. The molecule has 0 atom stereocenters. The standard InChI is InChI=1S/C8H12N5S.BrH/c1-5-6(2)14-8(9-5)13-11-7(3)10-12(13)4;/h1-4H3;1H/q+1;/p-1. The summed E-state index contributed by atoms with van der Waals surface area (Å²) in [7, 11) is 1.85. The highest BCUT2D eigenvalue weighted by Crippen LogP contribution is 2.17. The Morgan fingerprint density at radius 2 is 1.93 bits per heavy atom. The Morgan fingerprint density at radius 1 is 1.27 bits per heavy atom. The Kier molecular flexibility index (Phi) is 3.56. The molecular weight excluding hydrogens is 278 g/mol. The summed E-state index contributed by atoms with van der Waals surface area (Å²) in [4.78, 5) is 9.02. The molecule has 5 nitrogen and oxygen atoms in total. The summed E-state index contributed by atoms with van der Waals surface area (Å²) in [5.74, 6) is 0.748. The Hall–Kier alpha value is -0.820. The highest BCUT2D eigenvalue weighted by Gasteiger charge is 2.17. The van der Waals surface area contributed by atoms with E-state index >= 15 is 0 Å². The van der Waals surface area contributed by atoms with E-state index in [-0.39, 0.29) is 17.0 Å². The van der Waals surface area contributed by atoms with Gasteiger partial charge in [-0.1, -0.05) is 16.1 Å². The zero-order valence-electron chi connectivity index (χ0n) is 9.02. The molecule has 2 rings (SSSR count). The van der Waals surface area contributed by atoms with Gasteiger partial charge in [-0.25, -0.2) is 4.98 Å². The van der Waals surface area contributed by atoms with Gasteiger partial charge in [0.2, 0.25) is 0 Å². The van der Waals surface area contributed by atoms with Gasteiger partial charge in [-0.15, -0.1) is 0 Å². The molecule has 0 spiro atoms. The number of rotatable bonds is 1.